The van der Waals surface area contributed by atoms with Gasteiger partial charge in [0.05, 0.1) is 6.10 Å². The summed E-state index contributed by atoms with van der Waals surface area (Å²) in [4.78, 5) is 37.2. The number of Topliss-reactive ketones (excluding diaryl/α,β-unsaturated/α-hetero) is 1. The lowest BCUT2D eigenvalue weighted by atomic mass is 9.46. The molecule has 0 saturated heterocycles. The van der Waals surface area contributed by atoms with Crippen LogP contribution in [0.5, 0.6) is 0 Å². The van der Waals surface area contributed by atoms with Crippen LogP contribution in [0, 0.1) is 28.6 Å². The Balaban J connectivity index is 1.75. The first-order chi connectivity index (χ1) is 15.0. The molecule has 3 fully saturated rings. The molecule has 32 heavy (non-hydrogen) atoms. The third-order valence-electron chi connectivity index (χ3n) is 8.99. The zero-order valence-electron chi connectivity index (χ0n) is 19.0. The van der Waals surface area contributed by atoms with Gasteiger partial charge in [-0.2, -0.15) is 0 Å². The number of esters is 1. The van der Waals surface area contributed by atoms with Gasteiger partial charge in [0, 0.05) is 23.2 Å². The van der Waals surface area contributed by atoms with Gasteiger partial charge in [-0.25, -0.2) is 0 Å². The molecular formula is C25H34O7. The van der Waals surface area contributed by atoms with E-state index in [0.717, 1.165) is 5.57 Å². The Morgan fingerprint density at radius 3 is 2.66 bits per heavy atom. The second kappa shape index (κ2) is 7.89. The predicted molar refractivity (Wildman–Crippen MR) is 115 cm³/mol. The van der Waals surface area contributed by atoms with Crippen LogP contribution in [-0.4, -0.2) is 57.3 Å². The second-order valence-corrected chi connectivity index (χ2v) is 10.5. The molecule has 3 N–H and O–H groups in total. The van der Waals surface area contributed by atoms with Gasteiger partial charge >= 0.3 is 5.97 Å². The molecule has 0 amide bonds. The number of carbonyl (C=O) groups excluding carboxylic acids is 3. The summed E-state index contributed by atoms with van der Waals surface area (Å²) in [7, 11) is 0. The summed E-state index contributed by atoms with van der Waals surface area (Å²) in [6, 6.07) is 0. The summed E-state index contributed by atoms with van der Waals surface area (Å²) >= 11 is 0. The quantitative estimate of drug-likeness (QED) is 0.551. The van der Waals surface area contributed by atoms with Gasteiger partial charge in [0.2, 0.25) is 0 Å². The van der Waals surface area contributed by atoms with E-state index in [1.807, 2.05) is 19.9 Å². The van der Waals surface area contributed by atoms with E-state index < -0.39 is 47.0 Å². The fourth-order valence-corrected chi connectivity index (χ4v) is 7.49. The maximum absolute atomic E-state index is 12.9. The van der Waals surface area contributed by atoms with Crippen LogP contribution >= 0.6 is 0 Å². The fourth-order valence-electron chi connectivity index (χ4n) is 7.49. The third kappa shape index (κ3) is 3.08. The summed E-state index contributed by atoms with van der Waals surface area (Å²) in [6.45, 7) is 4.81. The highest BCUT2D eigenvalue weighted by Crippen LogP contribution is 2.67. The molecule has 0 aromatic carbocycles. The molecule has 0 radical (unpaired) electrons. The summed E-state index contributed by atoms with van der Waals surface area (Å²) < 4.78 is 5.64. The van der Waals surface area contributed by atoms with Crippen LogP contribution in [0.1, 0.15) is 59.3 Å². The van der Waals surface area contributed by atoms with Crippen molar-refractivity contribution in [2.75, 3.05) is 6.61 Å². The van der Waals surface area contributed by atoms with Crippen molar-refractivity contribution in [1.82, 2.24) is 0 Å². The minimum Gasteiger partial charge on any atom is -0.459 e. The number of hydrogen-bond donors (Lipinski definition) is 3. The maximum atomic E-state index is 12.9. The Morgan fingerprint density at radius 1 is 1.28 bits per heavy atom. The molecule has 0 spiro atoms. The number of ketones is 2. The SMILES string of the molecule is CCCC(=O)O[C@H]1C[C@H]2[C@@H]3CCC4=CC(=O)C=C[C@]4(C)[C@H]3[C@@H](O)C[C@@]2(C)[C@]1(O)C(=O)CO. The first-order valence-corrected chi connectivity index (χ1v) is 11.7. The summed E-state index contributed by atoms with van der Waals surface area (Å²) in [5.74, 6) is -1.68. The zero-order valence-corrected chi connectivity index (χ0v) is 19.0. The Bertz CT molecular complexity index is 891. The predicted octanol–water partition coefficient (Wildman–Crippen LogP) is 1.88. The van der Waals surface area contributed by atoms with Crippen molar-refractivity contribution >= 4 is 17.5 Å². The molecule has 0 aliphatic heterocycles. The monoisotopic (exact) mass is 446 g/mol. The van der Waals surface area contributed by atoms with Crippen LogP contribution in [0.2, 0.25) is 0 Å². The van der Waals surface area contributed by atoms with E-state index >= 15 is 0 Å². The first-order valence-electron chi connectivity index (χ1n) is 11.7. The number of ether oxygens (including phenoxy) is 1. The minimum absolute atomic E-state index is 0.0309. The van der Waals surface area contributed by atoms with Crippen LogP contribution < -0.4 is 0 Å². The summed E-state index contributed by atoms with van der Waals surface area (Å²) in [6.07, 6.45) is 5.87. The average molecular weight is 447 g/mol. The summed E-state index contributed by atoms with van der Waals surface area (Å²) in [5.41, 5.74) is -2.57. The zero-order chi connectivity index (χ0) is 23.5. The van der Waals surface area contributed by atoms with E-state index in [2.05, 4.69) is 0 Å². The number of hydrogen-bond acceptors (Lipinski definition) is 7. The number of allylic oxidation sites excluding steroid dienone is 4. The van der Waals surface area contributed by atoms with E-state index in [-0.39, 0.29) is 36.4 Å². The van der Waals surface area contributed by atoms with Crippen molar-refractivity contribution in [3.63, 3.8) is 0 Å². The molecule has 0 heterocycles. The van der Waals surface area contributed by atoms with Crippen molar-refractivity contribution in [3.05, 3.63) is 23.8 Å². The number of fused-ring (bicyclic) bond motifs is 5. The molecule has 7 nitrogen and oxygen atoms in total. The molecule has 0 aromatic heterocycles. The molecule has 8 atom stereocenters. The van der Waals surface area contributed by atoms with Crippen molar-refractivity contribution < 1.29 is 34.4 Å². The Labute approximate surface area is 188 Å². The van der Waals surface area contributed by atoms with Gasteiger partial charge < -0.3 is 20.1 Å². The van der Waals surface area contributed by atoms with Crippen LogP contribution in [0.25, 0.3) is 0 Å². The summed E-state index contributed by atoms with van der Waals surface area (Å²) in [5, 5.41) is 32.8. The highest BCUT2D eigenvalue weighted by atomic mass is 16.6. The smallest absolute Gasteiger partial charge is 0.306 e. The van der Waals surface area contributed by atoms with Crippen molar-refractivity contribution in [3.8, 4) is 0 Å². The molecule has 4 aliphatic carbocycles. The van der Waals surface area contributed by atoms with Crippen molar-refractivity contribution in [1.29, 1.82) is 0 Å². The molecule has 0 bridgehead atoms. The lowest BCUT2D eigenvalue weighted by Gasteiger charge is -2.59. The van der Waals surface area contributed by atoms with E-state index in [0.29, 0.717) is 25.7 Å². The fraction of sp³-hybridized carbons (Fsp3) is 0.720. The first kappa shape index (κ1) is 23.3. The lowest BCUT2D eigenvalue weighted by Crippen LogP contribution is -2.64. The number of aliphatic hydroxyl groups excluding tert-OH is 2. The van der Waals surface area contributed by atoms with Gasteiger partial charge in [0.15, 0.2) is 17.2 Å². The normalized spacial score (nSPS) is 44.9. The van der Waals surface area contributed by atoms with Gasteiger partial charge in [-0.3, -0.25) is 14.4 Å². The van der Waals surface area contributed by atoms with E-state index in [1.54, 1.807) is 19.1 Å². The van der Waals surface area contributed by atoms with Gasteiger partial charge in [-0.1, -0.05) is 32.4 Å². The molecule has 0 unspecified atom stereocenters. The Hall–Kier alpha value is -1.83. The minimum atomic E-state index is -2.06. The molecule has 4 aliphatic rings. The van der Waals surface area contributed by atoms with E-state index in [1.165, 1.54) is 0 Å². The molecule has 0 aromatic rings. The van der Waals surface area contributed by atoms with Crippen LogP contribution in [0.15, 0.2) is 23.8 Å². The number of rotatable bonds is 5. The Kier molecular flexibility index (Phi) is 5.75. The van der Waals surface area contributed by atoms with E-state index in [9.17, 15) is 29.7 Å². The average Bonchev–Trinajstić information content (AvgIpc) is 2.95. The second-order valence-electron chi connectivity index (χ2n) is 10.5. The van der Waals surface area contributed by atoms with Gasteiger partial charge in [0.25, 0.3) is 0 Å². The lowest BCUT2D eigenvalue weighted by molar-refractivity contribution is -0.197. The van der Waals surface area contributed by atoms with Crippen molar-refractivity contribution in [2.45, 2.75) is 77.1 Å². The number of carbonyl (C=O) groups is 3. The molecular weight excluding hydrogens is 412 g/mol. The van der Waals surface area contributed by atoms with Crippen LogP contribution in [-0.2, 0) is 19.1 Å². The molecule has 7 heteroatoms. The third-order valence-corrected chi connectivity index (χ3v) is 8.99. The van der Waals surface area contributed by atoms with Gasteiger partial charge in [-0.15, -0.1) is 0 Å². The van der Waals surface area contributed by atoms with Gasteiger partial charge in [0.1, 0.15) is 12.7 Å². The standard InChI is InChI=1S/C25H34O7/c1-4-5-21(30)32-20-11-17-16-7-6-14-10-15(27)8-9-23(14,2)22(16)18(28)12-24(17,3)25(20,31)19(29)13-26/h8-10,16-18,20,22,26,28,31H,4-7,11-13H2,1-3H3/t16-,17-,18-,20-,22+,23-,24+,25-/m0/s1. The van der Waals surface area contributed by atoms with Crippen LogP contribution in [0.4, 0.5) is 0 Å². The van der Waals surface area contributed by atoms with Gasteiger partial charge in [-0.05, 0) is 56.1 Å². The molecule has 4 rings (SSSR count). The van der Waals surface area contributed by atoms with Crippen molar-refractivity contribution in [2.24, 2.45) is 28.6 Å². The number of aliphatic hydroxyl groups is 3. The highest BCUT2D eigenvalue weighted by Gasteiger charge is 2.72. The Morgan fingerprint density at radius 2 is 2.00 bits per heavy atom. The van der Waals surface area contributed by atoms with Crippen LogP contribution in [0.3, 0.4) is 0 Å². The topological polar surface area (TPSA) is 121 Å². The molecule has 3 saturated carbocycles. The van der Waals surface area contributed by atoms with E-state index in [4.69, 9.17) is 4.74 Å². The maximum Gasteiger partial charge on any atom is 0.306 e. The largest absolute Gasteiger partial charge is 0.459 e. The highest BCUT2D eigenvalue weighted by molar-refractivity contribution is 6.01. The molecule has 176 valence electrons.